The highest BCUT2D eigenvalue weighted by molar-refractivity contribution is 5.83. The van der Waals surface area contributed by atoms with Crippen molar-refractivity contribution in [2.45, 2.75) is 26.3 Å². The van der Waals surface area contributed by atoms with E-state index in [2.05, 4.69) is 4.74 Å². The van der Waals surface area contributed by atoms with Crippen molar-refractivity contribution >= 4 is 11.9 Å². The van der Waals surface area contributed by atoms with E-state index in [0.29, 0.717) is 13.1 Å². The maximum absolute atomic E-state index is 12.6. The summed E-state index contributed by atoms with van der Waals surface area (Å²) < 4.78 is 4.68. The van der Waals surface area contributed by atoms with Crippen molar-refractivity contribution in [3.05, 3.63) is 35.9 Å². The van der Waals surface area contributed by atoms with Gasteiger partial charge < -0.3 is 15.4 Å². The lowest BCUT2D eigenvalue weighted by Crippen LogP contribution is -2.41. The maximum Gasteiger partial charge on any atom is 0.325 e. The summed E-state index contributed by atoms with van der Waals surface area (Å²) in [6.07, 6.45) is 1.60. The molecule has 1 unspecified atom stereocenters. The van der Waals surface area contributed by atoms with Crippen LogP contribution in [0, 0.1) is 5.92 Å². The van der Waals surface area contributed by atoms with E-state index < -0.39 is 5.97 Å². The lowest BCUT2D eigenvalue weighted by atomic mass is 10.0. The number of esters is 1. The van der Waals surface area contributed by atoms with Crippen molar-refractivity contribution in [3.8, 4) is 0 Å². The number of ether oxygens (including phenoxy) is 1. The van der Waals surface area contributed by atoms with E-state index in [0.717, 1.165) is 18.4 Å². The summed E-state index contributed by atoms with van der Waals surface area (Å²) in [6.45, 7) is 2.64. The lowest BCUT2D eigenvalue weighted by molar-refractivity contribution is -0.149. The Bertz CT molecular complexity index is 448. The van der Waals surface area contributed by atoms with Gasteiger partial charge in [-0.2, -0.15) is 0 Å². The van der Waals surface area contributed by atoms with Crippen LogP contribution in [-0.4, -0.2) is 37.0 Å². The Morgan fingerprint density at radius 3 is 2.48 bits per heavy atom. The molecule has 1 rings (SSSR count). The van der Waals surface area contributed by atoms with Gasteiger partial charge in [0.05, 0.1) is 13.0 Å². The summed E-state index contributed by atoms with van der Waals surface area (Å²) in [5, 5.41) is 0. The first-order chi connectivity index (χ1) is 10.1. The van der Waals surface area contributed by atoms with Crippen LogP contribution in [0.15, 0.2) is 30.3 Å². The van der Waals surface area contributed by atoms with E-state index in [-0.39, 0.29) is 18.4 Å². The standard InChI is InChI=1S/C16H24N2O3/c1-3-7-14(10-17)16(20)18(12-15(19)21-2)11-13-8-5-4-6-9-13/h4-6,8-9,14H,3,7,10-12,17H2,1-2H3. The zero-order chi connectivity index (χ0) is 15.7. The minimum Gasteiger partial charge on any atom is -0.468 e. The molecule has 0 spiro atoms. The van der Waals surface area contributed by atoms with Crippen molar-refractivity contribution in [1.82, 2.24) is 4.90 Å². The third-order valence-electron chi connectivity index (χ3n) is 3.35. The van der Waals surface area contributed by atoms with Gasteiger partial charge in [-0.05, 0) is 12.0 Å². The molecule has 1 aromatic carbocycles. The quantitative estimate of drug-likeness (QED) is 0.738. The normalized spacial score (nSPS) is 11.8. The number of hydrogen-bond donors (Lipinski definition) is 1. The number of rotatable bonds is 8. The van der Waals surface area contributed by atoms with Gasteiger partial charge in [0.25, 0.3) is 0 Å². The van der Waals surface area contributed by atoms with Crippen LogP contribution in [0.2, 0.25) is 0 Å². The second-order valence-corrected chi connectivity index (χ2v) is 4.98. The average Bonchev–Trinajstić information content (AvgIpc) is 2.52. The topological polar surface area (TPSA) is 72.6 Å². The van der Waals surface area contributed by atoms with Gasteiger partial charge in [-0.1, -0.05) is 43.7 Å². The first kappa shape index (κ1) is 17.2. The largest absolute Gasteiger partial charge is 0.468 e. The Morgan fingerprint density at radius 1 is 1.29 bits per heavy atom. The summed E-state index contributed by atoms with van der Waals surface area (Å²) in [5.74, 6) is -0.761. The number of hydrogen-bond acceptors (Lipinski definition) is 4. The minimum atomic E-state index is -0.424. The summed E-state index contributed by atoms with van der Waals surface area (Å²) >= 11 is 0. The Kier molecular flexibility index (Phi) is 7.46. The van der Waals surface area contributed by atoms with Crippen LogP contribution in [0.4, 0.5) is 0 Å². The molecule has 0 saturated heterocycles. The third kappa shape index (κ3) is 5.55. The Labute approximate surface area is 126 Å². The molecule has 1 amide bonds. The number of carbonyl (C=O) groups is 2. The van der Waals surface area contributed by atoms with Crippen LogP contribution in [0.1, 0.15) is 25.3 Å². The molecular weight excluding hydrogens is 268 g/mol. The average molecular weight is 292 g/mol. The molecule has 1 atom stereocenters. The highest BCUT2D eigenvalue weighted by atomic mass is 16.5. The van der Waals surface area contributed by atoms with Crippen molar-refractivity contribution in [1.29, 1.82) is 0 Å². The van der Waals surface area contributed by atoms with Gasteiger partial charge in [0, 0.05) is 13.1 Å². The van der Waals surface area contributed by atoms with E-state index >= 15 is 0 Å². The van der Waals surface area contributed by atoms with E-state index in [1.165, 1.54) is 12.0 Å². The molecule has 1 aromatic rings. The molecule has 0 bridgehead atoms. The van der Waals surface area contributed by atoms with Crippen molar-refractivity contribution < 1.29 is 14.3 Å². The number of methoxy groups -OCH3 is 1. The second-order valence-electron chi connectivity index (χ2n) is 4.98. The molecule has 5 heteroatoms. The van der Waals surface area contributed by atoms with Crippen LogP contribution in [0.5, 0.6) is 0 Å². The second kappa shape index (κ2) is 9.13. The molecule has 5 nitrogen and oxygen atoms in total. The van der Waals surface area contributed by atoms with Crippen LogP contribution in [0.3, 0.4) is 0 Å². The fraction of sp³-hybridized carbons (Fsp3) is 0.500. The predicted octanol–water partition coefficient (Wildman–Crippen LogP) is 1.56. The van der Waals surface area contributed by atoms with Gasteiger partial charge in [0.15, 0.2) is 0 Å². The molecule has 116 valence electrons. The van der Waals surface area contributed by atoms with Gasteiger partial charge >= 0.3 is 5.97 Å². The minimum absolute atomic E-state index is 0.0511. The monoisotopic (exact) mass is 292 g/mol. The van der Waals surface area contributed by atoms with Crippen LogP contribution in [-0.2, 0) is 20.9 Å². The Hall–Kier alpha value is -1.88. The predicted molar refractivity (Wildman–Crippen MR) is 81.3 cm³/mol. The number of benzene rings is 1. The van der Waals surface area contributed by atoms with Gasteiger partial charge in [0.1, 0.15) is 6.54 Å². The fourth-order valence-electron chi connectivity index (χ4n) is 2.18. The van der Waals surface area contributed by atoms with Gasteiger partial charge in [-0.15, -0.1) is 0 Å². The zero-order valence-corrected chi connectivity index (χ0v) is 12.7. The molecular formula is C16H24N2O3. The maximum atomic E-state index is 12.6. The Morgan fingerprint density at radius 2 is 1.95 bits per heavy atom. The van der Waals surface area contributed by atoms with Crippen molar-refractivity contribution in [2.75, 3.05) is 20.2 Å². The number of carbonyl (C=O) groups excluding carboxylic acids is 2. The van der Waals surface area contributed by atoms with Crippen molar-refractivity contribution in [2.24, 2.45) is 11.7 Å². The summed E-state index contributed by atoms with van der Waals surface area (Å²) in [4.78, 5) is 25.6. The molecule has 0 aliphatic carbocycles. The Balaban J connectivity index is 2.85. The van der Waals surface area contributed by atoms with Crippen LogP contribution >= 0.6 is 0 Å². The number of nitrogens with two attached hydrogens (primary N) is 1. The number of nitrogens with zero attached hydrogens (tertiary/aromatic N) is 1. The highest BCUT2D eigenvalue weighted by Gasteiger charge is 2.24. The van der Waals surface area contributed by atoms with E-state index in [4.69, 9.17) is 5.73 Å². The summed E-state index contributed by atoms with van der Waals surface area (Å²) in [6, 6.07) is 9.57. The van der Waals surface area contributed by atoms with E-state index in [1.807, 2.05) is 37.3 Å². The zero-order valence-electron chi connectivity index (χ0n) is 12.7. The van der Waals surface area contributed by atoms with Gasteiger partial charge in [-0.25, -0.2) is 0 Å². The molecule has 2 N–H and O–H groups in total. The first-order valence-corrected chi connectivity index (χ1v) is 7.22. The molecule has 0 heterocycles. The SMILES string of the molecule is CCCC(CN)C(=O)N(CC(=O)OC)Cc1ccccc1. The van der Waals surface area contributed by atoms with Crippen LogP contribution < -0.4 is 5.73 Å². The fourth-order valence-corrected chi connectivity index (χ4v) is 2.18. The molecule has 0 aromatic heterocycles. The van der Waals surface area contributed by atoms with Crippen molar-refractivity contribution in [3.63, 3.8) is 0 Å². The smallest absolute Gasteiger partial charge is 0.325 e. The van der Waals surface area contributed by atoms with Gasteiger partial charge in [0.2, 0.25) is 5.91 Å². The highest BCUT2D eigenvalue weighted by Crippen LogP contribution is 2.13. The molecule has 21 heavy (non-hydrogen) atoms. The molecule has 0 radical (unpaired) electrons. The summed E-state index contributed by atoms with van der Waals surface area (Å²) in [5.41, 5.74) is 6.66. The van der Waals surface area contributed by atoms with E-state index in [9.17, 15) is 9.59 Å². The first-order valence-electron chi connectivity index (χ1n) is 7.22. The molecule has 0 saturated carbocycles. The molecule has 0 aliphatic heterocycles. The van der Waals surface area contributed by atoms with Crippen LogP contribution in [0.25, 0.3) is 0 Å². The van der Waals surface area contributed by atoms with Gasteiger partial charge in [-0.3, -0.25) is 9.59 Å². The molecule has 0 aliphatic rings. The lowest BCUT2D eigenvalue weighted by Gasteiger charge is -2.26. The number of amides is 1. The van der Waals surface area contributed by atoms with E-state index in [1.54, 1.807) is 0 Å². The summed E-state index contributed by atoms with van der Waals surface area (Å²) in [7, 11) is 1.32. The third-order valence-corrected chi connectivity index (χ3v) is 3.35. The molecule has 0 fully saturated rings.